The molecule has 0 radical (unpaired) electrons. The molecule has 0 atom stereocenters. The molecule has 0 N–H and O–H groups in total. The van der Waals surface area contributed by atoms with Crippen LogP contribution in [0.4, 0.5) is 0 Å². The number of hydrogen-bond acceptors (Lipinski definition) is 2. The van der Waals surface area contributed by atoms with Crippen LogP contribution in [0.5, 0.6) is 0 Å². The molecule has 0 bridgehead atoms. The lowest BCUT2D eigenvalue weighted by Gasteiger charge is -1.95. The highest BCUT2D eigenvalue weighted by molar-refractivity contribution is 5.87. The maximum Gasteiger partial charge on any atom is 0.333 e. The van der Waals surface area contributed by atoms with Crippen LogP contribution in [-0.2, 0) is 9.53 Å². The summed E-state index contributed by atoms with van der Waals surface area (Å²) in [4.78, 5) is 10.5. The number of carbonyl (C=O) groups is 1. The topological polar surface area (TPSA) is 26.3 Å². The highest BCUT2D eigenvalue weighted by Gasteiger charge is 2.00. The first-order valence-electron chi connectivity index (χ1n) is 3.07. The van der Waals surface area contributed by atoms with Crippen molar-refractivity contribution in [3.63, 3.8) is 0 Å². The van der Waals surface area contributed by atoms with Gasteiger partial charge in [0.1, 0.15) is 0 Å². The summed E-state index contributed by atoms with van der Waals surface area (Å²) in [7, 11) is -0.322. The smallest absolute Gasteiger partial charge is 0.333 e. The van der Waals surface area contributed by atoms with E-state index >= 15 is 0 Å². The molecule has 0 aromatic rings. The van der Waals surface area contributed by atoms with E-state index in [1.807, 2.05) is 6.92 Å². The Morgan fingerprint density at radius 3 is 3.00 bits per heavy atom. The van der Waals surface area contributed by atoms with Crippen LogP contribution in [0, 0.1) is 0 Å². The molecule has 2 heteroatoms. The third-order valence-electron chi connectivity index (χ3n) is 0.847. The van der Waals surface area contributed by atoms with Crippen LogP contribution in [0.15, 0.2) is 12.2 Å². The van der Waals surface area contributed by atoms with Crippen LogP contribution in [-0.4, -0.2) is 13.1 Å². The van der Waals surface area contributed by atoms with Gasteiger partial charge in [0.05, 0.1) is 8.46 Å². The predicted octanol–water partition coefficient (Wildman–Crippen LogP) is 1.13. The Labute approximate surface area is 50.6 Å². The normalized spacial score (nSPS) is 9.88. The average Bonchev–Trinajstić information content (AvgIpc) is 1.87. The van der Waals surface area contributed by atoms with Crippen molar-refractivity contribution in [2.75, 3.05) is 7.09 Å². The molecule has 0 spiro atoms. The quantitative estimate of drug-likeness (QED) is 0.398. The fourth-order valence-electron chi connectivity index (χ4n) is 0.246. The monoisotopic (exact) mass is 115 g/mol. The van der Waals surface area contributed by atoms with Crippen LogP contribution >= 0.6 is 0 Å². The largest absolute Gasteiger partial charge is 0.466 e. The van der Waals surface area contributed by atoms with Gasteiger partial charge in [-0.1, -0.05) is 13.5 Å². The van der Waals surface area contributed by atoms with Gasteiger partial charge in [-0.2, -0.15) is 0 Å². The van der Waals surface area contributed by atoms with Crippen LogP contribution in [0.1, 0.15) is 14.7 Å². The summed E-state index contributed by atoms with van der Waals surface area (Å²) in [5.41, 5.74) is 0.419. The summed E-state index contributed by atoms with van der Waals surface area (Å²) in [5.74, 6) is -0.465. The van der Waals surface area contributed by atoms with Crippen molar-refractivity contribution in [3.05, 3.63) is 12.2 Å². The zero-order valence-electron chi connectivity index (χ0n) is 5.94. The second kappa shape index (κ2) is 3.24. The lowest BCUT2D eigenvalue weighted by Crippen LogP contribution is -2.01. The standard InChI is InChI=1S/C6H10O2/c1-4-5(2)6(7)8-3/h2,4H2,1,3H3/i3D. The summed E-state index contributed by atoms with van der Waals surface area (Å²) >= 11 is 0. The van der Waals surface area contributed by atoms with Crippen molar-refractivity contribution in [2.45, 2.75) is 13.3 Å². The molecular weight excluding hydrogens is 104 g/mol. The average molecular weight is 115 g/mol. The fourth-order valence-corrected chi connectivity index (χ4v) is 0.246. The van der Waals surface area contributed by atoms with E-state index in [0.717, 1.165) is 0 Å². The Hall–Kier alpha value is -0.790. The highest BCUT2D eigenvalue weighted by atomic mass is 16.5. The Morgan fingerprint density at radius 2 is 2.62 bits per heavy atom. The van der Waals surface area contributed by atoms with Crippen molar-refractivity contribution in [3.8, 4) is 0 Å². The van der Waals surface area contributed by atoms with E-state index in [9.17, 15) is 4.79 Å². The van der Waals surface area contributed by atoms with Crippen molar-refractivity contribution in [2.24, 2.45) is 0 Å². The molecule has 2 nitrogen and oxygen atoms in total. The summed E-state index contributed by atoms with van der Waals surface area (Å²) in [6, 6.07) is 0. The van der Waals surface area contributed by atoms with Gasteiger partial charge in [0.15, 0.2) is 0 Å². The maximum atomic E-state index is 10.5. The Balaban J connectivity index is 3.60. The summed E-state index contributed by atoms with van der Waals surface area (Å²) in [6.07, 6.45) is 0.582. The van der Waals surface area contributed by atoms with Crippen molar-refractivity contribution >= 4 is 5.97 Å². The molecule has 0 fully saturated rings. The van der Waals surface area contributed by atoms with Gasteiger partial charge in [-0.3, -0.25) is 0 Å². The number of methoxy groups -OCH3 is 1. The van der Waals surface area contributed by atoms with Crippen LogP contribution in [0.25, 0.3) is 0 Å². The minimum absolute atomic E-state index is 0.322. The van der Waals surface area contributed by atoms with Crippen molar-refractivity contribution in [1.82, 2.24) is 0 Å². The number of hydrogen-bond donors (Lipinski definition) is 0. The molecule has 0 aliphatic carbocycles. The molecule has 0 aromatic heterocycles. The predicted molar refractivity (Wildman–Crippen MR) is 31.4 cm³/mol. The van der Waals surface area contributed by atoms with E-state index in [1.165, 1.54) is 0 Å². The third kappa shape index (κ3) is 1.78. The molecule has 46 valence electrons. The molecular formula is C6H10O2. The third-order valence-corrected chi connectivity index (χ3v) is 0.847. The SMILES string of the molecule is [2H]COC(=O)C(=C)CC. The highest BCUT2D eigenvalue weighted by Crippen LogP contribution is 1.96. The molecule has 0 aliphatic heterocycles. The van der Waals surface area contributed by atoms with E-state index < -0.39 is 5.97 Å². The van der Waals surface area contributed by atoms with Crippen LogP contribution < -0.4 is 0 Å². The second-order valence-corrected chi connectivity index (χ2v) is 1.39. The molecule has 0 saturated carbocycles. The van der Waals surface area contributed by atoms with E-state index in [4.69, 9.17) is 1.37 Å². The maximum absolute atomic E-state index is 10.5. The molecule has 0 saturated heterocycles. The van der Waals surface area contributed by atoms with Crippen LogP contribution in [0.3, 0.4) is 0 Å². The molecule has 0 rings (SSSR count). The molecule has 0 aliphatic rings. The lowest BCUT2D eigenvalue weighted by atomic mass is 10.2. The minimum atomic E-state index is -0.465. The fraction of sp³-hybridized carbons (Fsp3) is 0.500. The van der Waals surface area contributed by atoms with Crippen molar-refractivity contribution in [1.29, 1.82) is 0 Å². The minimum Gasteiger partial charge on any atom is -0.466 e. The van der Waals surface area contributed by atoms with E-state index in [-0.39, 0.29) is 7.09 Å². The van der Waals surface area contributed by atoms with Gasteiger partial charge in [-0.25, -0.2) is 4.79 Å². The first kappa shape index (κ1) is 5.35. The first-order chi connectivity index (χ1) is 4.22. The lowest BCUT2D eigenvalue weighted by molar-refractivity contribution is -0.136. The molecule has 0 heterocycles. The Morgan fingerprint density at radius 1 is 2.00 bits per heavy atom. The van der Waals surface area contributed by atoms with Gasteiger partial charge >= 0.3 is 5.97 Å². The van der Waals surface area contributed by atoms with Crippen LogP contribution in [0.2, 0.25) is 0 Å². The summed E-state index contributed by atoms with van der Waals surface area (Å²) in [5, 5.41) is 0. The van der Waals surface area contributed by atoms with Gasteiger partial charge in [0, 0.05) is 5.57 Å². The van der Waals surface area contributed by atoms with E-state index in [2.05, 4.69) is 11.3 Å². The first-order valence-corrected chi connectivity index (χ1v) is 2.36. The molecule has 0 amide bonds. The van der Waals surface area contributed by atoms with Gasteiger partial charge in [0.2, 0.25) is 0 Å². The number of esters is 1. The Bertz CT molecular complexity index is 120. The van der Waals surface area contributed by atoms with Gasteiger partial charge in [-0.05, 0) is 6.42 Å². The Kier molecular flexibility index (Phi) is 2.17. The van der Waals surface area contributed by atoms with E-state index in [0.29, 0.717) is 12.0 Å². The zero-order valence-corrected chi connectivity index (χ0v) is 4.94. The summed E-state index contributed by atoms with van der Waals surface area (Å²) < 4.78 is 10.8. The second-order valence-electron chi connectivity index (χ2n) is 1.39. The molecule has 8 heavy (non-hydrogen) atoms. The van der Waals surface area contributed by atoms with Gasteiger partial charge in [-0.15, -0.1) is 0 Å². The number of carbonyl (C=O) groups excluding carboxylic acids is 1. The van der Waals surface area contributed by atoms with E-state index in [1.54, 1.807) is 0 Å². The number of ether oxygens (including phenoxy) is 1. The zero-order chi connectivity index (χ0) is 7.28. The van der Waals surface area contributed by atoms with Crippen molar-refractivity contribution < 1.29 is 10.9 Å². The summed E-state index contributed by atoms with van der Waals surface area (Å²) in [6.45, 7) is 5.25. The molecule has 0 unspecified atom stereocenters. The van der Waals surface area contributed by atoms with Gasteiger partial charge in [0.25, 0.3) is 0 Å². The molecule has 0 aromatic carbocycles. The number of rotatable bonds is 2. The van der Waals surface area contributed by atoms with Gasteiger partial charge < -0.3 is 4.74 Å².